The quantitative estimate of drug-likeness (QED) is 0.284. The third-order valence-corrected chi connectivity index (χ3v) is 7.42. The molecule has 42 heavy (non-hydrogen) atoms. The molecule has 0 spiro atoms. The van der Waals surface area contributed by atoms with Crippen molar-refractivity contribution in [1.29, 1.82) is 0 Å². The number of benzene rings is 2. The van der Waals surface area contributed by atoms with Crippen LogP contribution in [0.3, 0.4) is 0 Å². The van der Waals surface area contributed by atoms with Gasteiger partial charge in [-0.3, -0.25) is 9.69 Å². The number of hydrogen-bond acceptors (Lipinski definition) is 6. The number of likely N-dealkylation sites (N-methyl/N-ethyl adjacent to an activating group) is 1. The van der Waals surface area contributed by atoms with Crippen molar-refractivity contribution >= 4 is 45.9 Å². The Bertz CT molecular complexity index is 1610. The Morgan fingerprint density at radius 3 is 2.50 bits per heavy atom. The predicted molar refractivity (Wildman–Crippen MR) is 156 cm³/mol. The smallest absolute Gasteiger partial charge is 0.368 e. The normalized spacial score (nSPS) is 14.2. The lowest BCUT2D eigenvalue weighted by Crippen LogP contribution is -2.46. The Balaban J connectivity index is 1.32. The number of urea groups is 1. The fourth-order valence-corrected chi connectivity index (χ4v) is 4.94. The number of aromatic amines is 1. The molecule has 0 atom stereocenters. The third-order valence-electron chi connectivity index (χ3n) is 7.42. The molecule has 2 aromatic carbocycles. The Kier molecular flexibility index (Phi) is 8.03. The number of fused-ring (bicyclic) bond motifs is 1. The van der Waals surface area contributed by atoms with Gasteiger partial charge in [0, 0.05) is 62.0 Å². The van der Waals surface area contributed by atoms with Crippen molar-refractivity contribution in [3.8, 4) is 0 Å². The van der Waals surface area contributed by atoms with E-state index in [0.29, 0.717) is 54.4 Å². The van der Waals surface area contributed by atoms with Crippen molar-refractivity contribution in [3.05, 3.63) is 71.7 Å². The van der Waals surface area contributed by atoms with E-state index in [4.69, 9.17) is 0 Å². The first-order chi connectivity index (χ1) is 20.0. The number of nitrogens with one attached hydrogen (secondary N) is 3. The summed E-state index contributed by atoms with van der Waals surface area (Å²) in [6.45, 7) is 6.95. The second kappa shape index (κ2) is 11.7. The molecule has 1 fully saturated rings. The number of carbonyl (C=O) groups excluding carboxylic acids is 2. The van der Waals surface area contributed by atoms with E-state index < -0.39 is 23.7 Å². The number of anilines is 4. The van der Waals surface area contributed by atoms with Gasteiger partial charge in [0.05, 0.1) is 10.9 Å². The van der Waals surface area contributed by atoms with Gasteiger partial charge in [-0.25, -0.2) is 14.8 Å². The van der Waals surface area contributed by atoms with Crippen molar-refractivity contribution in [2.45, 2.75) is 20.0 Å². The highest BCUT2D eigenvalue weighted by atomic mass is 19.4. The lowest BCUT2D eigenvalue weighted by Gasteiger charge is -2.36. The number of aromatic nitrogens is 3. The summed E-state index contributed by atoms with van der Waals surface area (Å²) in [7, 11) is 1.57. The van der Waals surface area contributed by atoms with Crippen molar-refractivity contribution < 1.29 is 22.8 Å². The van der Waals surface area contributed by atoms with E-state index in [1.165, 1.54) is 23.4 Å². The van der Waals surface area contributed by atoms with Crippen LogP contribution in [0.25, 0.3) is 11.0 Å². The minimum Gasteiger partial charge on any atom is -0.368 e. The maximum Gasteiger partial charge on any atom is 0.418 e. The summed E-state index contributed by atoms with van der Waals surface area (Å²) in [6.07, 6.45) is -1.58. The summed E-state index contributed by atoms with van der Waals surface area (Å²) in [5.41, 5.74) is 1.13. The molecule has 0 radical (unpaired) electrons. The van der Waals surface area contributed by atoms with Gasteiger partial charge < -0.3 is 25.4 Å². The first-order valence-electron chi connectivity index (χ1n) is 13.5. The van der Waals surface area contributed by atoms with Crippen LogP contribution in [0.15, 0.2) is 55.0 Å². The van der Waals surface area contributed by atoms with E-state index in [0.717, 1.165) is 18.2 Å². The molecule has 0 saturated carbocycles. The molecule has 0 bridgehead atoms. The Morgan fingerprint density at radius 2 is 1.79 bits per heavy atom. The SMILES string of the molecule is CCN1CCN(c2ccc(C(=O)Nc3ccc(C)c(NC(=O)N(C)c4ncnc5[nH]ccc45)c3)cc2C(F)(F)F)CC1. The van der Waals surface area contributed by atoms with Crippen molar-refractivity contribution in [1.82, 2.24) is 19.9 Å². The van der Waals surface area contributed by atoms with Crippen molar-refractivity contribution in [2.24, 2.45) is 0 Å². The van der Waals surface area contributed by atoms with Gasteiger partial charge >= 0.3 is 12.2 Å². The second-order valence-corrected chi connectivity index (χ2v) is 10.1. The zero-order valence-electron chi connectivity index (χ0n) is 23.4. The molecule has 1 saturated heterocycles. The molecule has 3 N–H and O–H groups in total. The number of alkyl halides is 3. The molecule has 5 rings (SSSR count). The number of hydrogen-bond donors (Lipinski definition) is 3. The zero-order chi connectivity index (χ0) is 30.0. The summed E-state index contributed by atoms with van der Waals surface area (Å²) in [5.74, 6) is -0.297. The van der Waals surface area contributed by atoms with E-state index in [1.807, 2.05) is 6.92 Å². The first kappa shape index (κ1) is 28.9. The minimum absolute atomic E-state index is 0.0693. The minimum atomic E-state index is -4.63. The van der Waals surface area contributed by atoms with Crippen LogP contribution in [0.2, 0.25) is 0 Å². The van der Waals surface area contributed by atoms with E-state index in [9.17, 15) is 22.8 Å². The highest BCUT2D eigenvalue weighted by molar-refractivity contribution is 6.07. The van der Waals surface area contributed by atoms with Gasteiger partial charge in [0.15, 0.2) is 0 Å². The van der Waals surface area contributed by atoms with Crippen LogP contribution in [-0.2, 0) is 6.18 Å². The van der Waals surface area contributed by atoms with Gasteiger partial charge in [-0.05, 0) is 55.4 Å². The number of H-pyrrole nitrogens is 1. The molecule has 10 nitrogen and oxygen atoms in total. The Hall–Kier alpha value is -4.65. The van der Waals surface area contributed by atoms with Gasteiger partial charge in [-0.2, -0.15) is 13.2 Å². The number of halogens is 3. The van der Waals surface area contributed by atoms with Crippen LogP contribution in [0.4, 0.5) is 40.8 Å². The number of nitrogens with zero attached hydrogens (tertiary/aromatic N) is 5. The number of piperazine rings is 1. The highest BCUT2D eigenvalue weighted by Gasteiger charge is 2.36. The Morgan fingerprint density at radius 1 is 1.02 bits per heavy atom. The average molecular weight is 581 g/mol. The van der Waals surface area contributed by atoms with Crippen LogP contribution < -0.4 is 20.4 Å². The van der Waals surface area contributed by atoms with Gasteiger partial charge in [0.25, 0.3) is 5.91 Å². The van der Waals surface area contributed by atoms with Crippen LogP contribution >= 0.6 is 0 Å². The molecule has 0 unspecified atom stereocenters. The molecule has 1 aliphatic heterocycles. The summed E-state index contributed by atoms with van der Waals surface area (Å²) in [6, 6.07) is 9.81. The highest BCUT2D eigenvalue weighted by Crippen LogP contribution is 2.38. The van der Waals surface area contributed by atoms with Crippen molar-refractivity contribution in [3.63, 3.8) is 0 Å². The second-order valence-electron chi connectivity index (χ2n) is 10.1. The van der Waals surface area contributed by atoms with E-state index in [1.54, 1.807) is 49.3 Å². The van der Waals surface area contributed by atoms with Gasteiger partial charge in [0.1, 0.15) is 17.8 Å². The van der Waals surface area contributed by atoms with Gasteiger partial charge in [-0.1, -0.05) is 13.0 Å². The molecule has 220 valence electrons. The molecule has 2 aromatic heterocycles. The van der Waals surface area contributed by atoms with Gasteiger partial charge in [0.2, 0.25) is 0 Å². The summed E-state index contributed by atoms with van der Waals surface area (Å²) >= 11 is 0. The fourth-order valence-electron chi connectivity index (χ4n) is 4.94. The molecular formula is C29H31F3N8O2. The standard InChI is InChI=1S/C29H31F3N8O2/c1-4-39-11-13-40(14-12-39)24-8-6-19(15-22(24)29(30,31)32)27(41)36-20-7-5-18(2)23(16-20)37-28(42)38(3)26-21-9-10-33-25(21)34-17-35-26/h5-10,15-17H,4,11-14H2,1-3H3,(H,36,41)(H,37,42)(H,33,34,35). The molecular weight excluding hydrogens is 549 g/mol. The fraction of sp³-hybridized carbons (Fsp3) is 0.310. The van der Waals surface area contributed by atoms with E-state index in [2.05, 4.69) is 30.5 Å². The summed E-state index contributed by atoms with van der Waals surface area (Å²) in [5, 5.41) is 6.13. The third kappa shape index (κ3) is 6.00. The van der Waals surface area contributed by atoms with E-state index >= 15 is 0 Å². The lowest BCUT2D eigenvalue weighted by atomic mass is 10.1. The molecule has 0 aliphatic carbocycles. The number of aryl methyl sites for hydroxylation is 1. The number of carbonyl (C=O) groups is 2. The van der Waals surface area contributed by atoms with Crippen LogP contribution in [0.1, 0.15) is 28.4 Å². The molecule has 13 heteroatoms. The predicted octanol–water partition coefficient (Wildman–Crippen LogP) is 5.35. The maximum absolute atomic E-state index is 14.1. The van der Waals surface area contributed by atoms with Crippen LogP contribution in [0.5, 0.6) is 0 Å². The van der Waals surface area contributed by atoms with Gasteiger partial charge in [-0.15, -0.1) is 0 Å². The monoisotopic (exact) mass is 580 g/mol. The molecule has 3 heterocycles. The maximum atomic E-state index is 14.1. The first-order valence-corrected chi connectivity index (χ1v) is 13.5. The number of amides is 3. The summed E-state index contributed by atoms with van der Waals surface area (Å²) < 4.78 is 42.2. The van der Waals surface area contributed by atoms with Crippen molar-refractivity contribution in [2.75, 3.05) is 60.2 Å². The topological polar surface area (TPSA) is 109 Å². The largest absolute Gasteiger partial charge is 0.418 e. The zero-order valence-corrected chi connectivity index (χ0v) is 23.4. The summed E-state index contributed by atoms with van der Waals surface area (Å²) in [4.78, 5) is 42.7. The lowest BCUT2D eigenvalue weighted by molar-refractivity contribution is -0.137. The van der Waals surface area contributed by atoms with Crippen LogP contribution in [0, 0.1) is 6.92 Å². The molecule has 1 aliphatic rings. The molecule has 4 aromatic rings. The average Bonchev–Trinajstić information content (AvgIpc) is 3.47. The Labute approximate surface area is 240 Å². The van der Waals surface area contributed by atoms with E-state index in [-0.39, 0.29) is 11.3 Å². The van der Waals surface area contributed by atoms with Crippen LogP contribution in [-0.4, -0.2) is 71.6 Å². The molecule has 3 amide bonds. The number of rotatable bonds is 6.